The maximum absolute atomic E-state index is 11.2. The molecule has 0 fully saturated rings. The number of aliphatic hydroxyl groups is 1. The summed E-state index contributed by atoms with van der Waals surface area (Å²) in [6.07, 6.45) is -0.326. The van der Waals surface area contributed by atoms with Crippen molar-refractivity contribution in [2.75, 3.05) is 7.11 Å². The van der Waals surface area contributed by atoms with Gasteiger partial charge in [-0.15, -0.1) is 0 Å². The van der Waals surface area contributed by atoms with E-state index in [1.54, 1.807) is 6.92 Å². The monoisotopic (exact) mass is 301 g/mol. The fraction of sp³-hybridized carbons (Fsp3) is 0.692. The quantitative estimate of drug-likeness (QED) is 0.380. The van der Waals surface area contributed by atoms with Gasteiger partial charge in [0.2, 0.25) is 5.76 Å². The maximum atomic E-state index is 11.2. The summed E-state index contributed by atoms with van der Waals surface area (Å²) in [4.78, 5) is 15.2. The lowest BCUT2D eigenvalue weighted by Gasteiger charge is -2.38. The molecule has 0 bridgehead atoms. The largest absolute Gasteiger partial charge is 0.480 e. The predicted molar refractivity (Wildman–Crippen MR) is 76.4 cm³/mol. The standard InChI is InChI=1S/C13H23N3O5/c1-4-8(17)11(20-3)10-6(2)7(16-13(14)15)5-9(21-10)12(18)19/h5-8,10-11,17H,4H2,1-3H3,(H,18,19)(H4,14,15,16)/t6-,7+,8-,10-,11-/m1/s1. The summed E-state index contributed by atoms with van der Waals surface area (Å²) in [5.74, 6) is -1.87. The Bertz CT molecular complexity index is 434. The summed E-state index contributed by atoms with van der Waals surface area (Å²) >= 11 is 0. The lowest BCUT2D eigenvalue weighted by atomic mass is 9.87. The van der Waals surface area contributed by atoms with Crippen molar-refractivity contribution in [3.8, 4) is 0 Å². The van der Waals surface area contributed by atoms with E-state index in [1.165, 1.54) is 13.2 Å². The molecule has 0 radical (unpaired) electrons. The first-order valence-corrected chi connectivity index (χ1v) is 6.73. The molecule has 1 aliphatic rings. The number of aliphatic carboxylic acids is 1. The third kappa shape index (κ3) is 4.08. The molecule has 1 aliphatic heterocycles. The highest BCUT2D eigenvalue weighted by molar-refractivity contribution is 5.85. The van der Waals surface area contributed by atoms with Gasteiger partial charge in [-0.3, -0.25) is 0 Å². The highest BCUT2D eigenvalue weighted by Gasteiger charge is 2.41. The molecule has 1 rings (SSSR count). The number of nitrogens with zero attached hydrogens (tertiary/aromatic N) is 1. The van der Waals surface area contributed by atoms with Crippen molar-refractivity contribution in [3.05, 3.63) is 11.8 Å². The highest BCUT2D eigenvalue weighted by atomic mass is 16.6. The zero-order chi connectivity index (χ0) is 16.2. The molecule has 6 N–H and O–H groups in total. The molecule has 0 unspecified atom stereocenters. The molecule has 0 aliphatic carbocycles. The van der Waals surface area contributed by atoms with Crippen LogP contribution in [0.15, 0.2) is 16.8 Å². The van der Waals surface area contributed by atoms with Gasteiger partial charge in [-0.05, 0) is 12.5 Å². The van der Waals surface area contributed by atoms with Crippen LogP contribution in [0.1, 0.15) is 20.3 Å². The van der Waals surface area contributed by atoms with Gasteiger partial charge >= 0.3 is 5.97 Å². The number of aliphatic hydroxyl groups excluding tert-OH is 1. The summed E-state index contributed by atoms with van der Waals surface area (Å²) in [5.41, 5.74) is 10.8. The Kier molecular flexibility index (Phi) is 5.98. The van der Waals surface area contributed by atoms with Crippen LogP contribution in [0.4, 0.5) is 0 Å². The van der Waals surface area contributed by atoms with E-state index in [9.17, 15) is 9.90 Å². The van der Waals surface area contributed by atoms with Crippen LogP contribution in [-0.4, -0.2) is 53.6 Å². The van der Waals surface area contributed by atoms with Crippen molar-refractivity contribution >= 4 is 11.9 Å². The van der Waals surface area contributed by atoms with E-state index in [0.29, 0.717) is 6.42 Å². The number of nitrogens with two attached hydrogens (primary N) is 2. The third-order valence-electron chi connectivity index (χ3n) is 3.54. The molecular weight excluding hydrogens is 278 g/mol. The fourth-order valence-corrected chi connectivity index (χ4v) is 2.35. The molecule has 21 heavy (non-hydrogen) atoms. The van der Waals surface area contributed by atoms with E-state index in [2.05, 4.69) is 4.99 Å². The van der Waals surface area contributed by atoms with E-state index < -0.39 is 30.3 Å². The molecule has 0 aromatic heterocycles. The summed E-state index contributed by atoms with van der Waals surface area (Å²) in [7, 11) is 1.44. The summed E-state index contributed by atoms with van der Waals surface area (Å²) in [6, 6.07) is -0.554. The van der Waals surface area contributed by atoms with Gasteiger partial charge in [0.15, 0.2) is 5.96 Å². The highest BCUT2D eigenvalue weighted by Crippen LogP contribution is 2.30. The van der Waals surface area contributed by atoms with Crippen molar-refractivity contribution in [2.45, 2.75) is 44.6 Å². The van der Waals surface area contributed by atoms with E-state index in [-0.39, 0.29) is 17.6 Å². The molecule has 0 saturated heterocycles. The number of guanidine groups is 1. The number of carboxylic acids is 1. The Morgan fingerprint density at radius 2 is 2.19 bits per heavy atom. The zero-order valence-corrected chi connectivity index (χ0v) is 12.4. The number of hydrogen-bond acceptors (Lipinski definition) is 5. The second kappa shape index (κ2) is 7.28. The molecule has 1 heterocycles. The predicted octanol–water partition coefficient (Wildman–Crippen LogP) is -0.582. The van der Waals surface area contributed by atoms with Gasteiger partial charge in [0.1, 0.15) is 12.2 Å². The van der Waals surface area contributed by atoms with Gasteiger partial charge in [0, 0.05) is 13.0 Å². The van der Waals surface area contributed by atoms with Gasteiger partial charge < -0.3 is 31.2 Å². The normalized spacial score (nSPS) is 28.0. The van der Waals surface area contributed by atoms with Crippen molar-refractivity contribution in [2.24, 2.45) is 22.4 Å². The van der Waals surface area contributed by atoms with E-state index >= 15 is 0 Å². The molecule has 120 valence electrons. The van der Waals surface area contributed by atoms with E-state index in [4.69, 9.17) is 26.0 Å². The Balaban J connectivity index is 3.13. The average Bonchev–Trinajstić information content (AvgIpc) is 2.42. The maximum Gasteiger partial charge on any atom is 0.370 e. The van der Waals surface area contributed by atoms with Gasteiger partial charge in [0.25, 0.3) is 0 Å². The van der Waals surface area contributed by atoms with Gasteiger partial charge in [-0.2, -0.15) is 0 Å². The lowest BCUT2D eigenvalue weighted by Crippen LogP contribution is -2.49. The first kappa shape index (κ1) is 17.3. The number of ether oxygens (including phenoxy) is 2. The van der Waals surface area contributed by atoms with Crippen LogP contribution in [0, 0.1) is 5.92 Å². The second-order valence-corrected chi connectivity index (χ2v) is 5.00. The molecule has 0 saturated carbocycles. The van der Waals surface area contributed by atoms with Crippen LogP contribution >= 0.6 is 0 Å². The Morgan fingerprint density at radius 3 is 2.62 bits per heavy atom. The van der Waals surface area contributed by atoms with Crippen LogP contribution in [0.2, 0.25) is 0 Å². The molecule has 8 heteroatoms. The van der Waals surface area contributed by atoms with Crippen molar-refractivity contribution in [1.82, 2.24) is 0 Å². The first-order chi connectivity index (χ1) is 9.81. The number of methoxy groups -OCH3 is 1. The van der Waals surface area contributed by atoms with Gasteiger partial charge in [0.05, 0.1) is 12.1 Å². The second-order valence-electron chi connectivity index (χ2n) is 5.00. The lowest BCUT2D eigenvalue weighted by molar-refractivity contribution is -0.148. The Morgan fingerprint density at radius 1 is 1.57 bits per heavy atom. The number of aliphatic imine (C=N–C) groups is 1. The first-order valence-electron chi connectivity index (χ1n) is 6.73. The van der Waals surface area contributed by atoms with Gasteiger partial charge in [-0.1, -0.05) is 13.8 Å². The van der Waals surface area contributed by atoms with Crippen molar-refractivity contribution < 1.29 is 24.5 Å². The van der Waals surface area contributed by atoms with Crippen LogP contribution in [-0.2, 0) is 14.3 Å². The van der Waals surface area contributed by atoms with Crippen LogP contribution in [0.5, 0.6) is 0 Å². The van der Waals surface area contributed by atoms with Crippen LogP contribution in [0.3, 0.4) is 0 Å². The number of hydrogen-bond donors (Lipinski definition) is 4. The fourth-order valence-electron chi connectivity index (χ4n) is 2.35. The van der Waals surface area contributed by atoms with E-state index in [0.717, 1.165) is 0 Å². The molecular formula is C13H23N3O5. The smallest absolute Gasteiger partial charge is 0.370 e. The summed E-state index contributed by atoms with van der Waals surface area (Å²) < 4.78 is 10.8. The Hall–Kier alpha value is -1.80. The van der Waals surface area contributed by atoms with E-state index in [1.807, 2.05) is 6.92 Å². The van der Waals surface area contributed by atoms with Gasteiger partial charge in [-0.25, -0.2) is 9.79 Å². The Labute approximate surface area is 123 Å². The molecule has 8 nitrogen and oxygen atoms in total. The van der Waals surface area contributed by atoms with Crippen molar-refractivity contribution in [1.29, 1.82) is 0 Å². The summed E-state index contributed by atoms with van der Waals surface area (Å²) in [6.45, 7) is 3.61. The van der Waals surface area contributed by atoms with Crippen LogP contribution < -0.4 is 11.5 Å². The minimum absolute atomic E-state index is 0.140. The summed E-state index contributed by atoms with van der Waals surface area (Å²) in [5, 5.41) is 19.2. The van der Waals surface area contributed by atoms with Crippen LogP contribution in [0.25, 0.3) is 0 Å². The number of carbonyl (C=O) groups is 1. The SMILES string of the molecule is CC[C@@H](O)[C@@H](OC)[C@@H]1OC(C(=O)O)=C[C@H](N=C(N)N)[C@H]1C. The molecule has 0 aromatic carbocycles. The number of carboxylic acid groups (broad SMARTS) is 1. The minimum atomic E-state index is -1.22. The molecule has 0 spiro atoms. The topological polar surface area (TPSA) is 140 Å². The molecule has 0 aromatic rings. The third-order valence-corrected chi connectivity index (χ3v) is 3.54. The molecule has 0 amide bonds. The van der Waals surface area contributed by atoms with Crippen molar-refractivity contribution in [3.63, 3.8) is 0 Å². The zero-order valence-electron chi connectivity index (χ0n) is 12.4. The number of rotatable bonds is 6. The average molecular weight is 301 g/mol. The minimum Gasteiger partial charge on any atom is -0.480 e. The molecule has 5 atom stereocenters.